The van der Waals surface area contributed by atoms with Crippen LogP contribution in [0.5, 0.6) is 0 Å². The maximum atomic E-state index is 12.9. The third-order valence-electron chi connectivity index (χ3n) is 5.62. The van der Waals surface area contributed by atoms with Crippen LogP contribution in [0.2, 0.25) is 0 Å². The van der Waals surface area contributed by atoms with E-state index in [1.165, 1.54) is 0 Å². The molecule has 8 heteroatoms. The zero-order chi connectivity index (χ0) is 26.1. The Balaban J connectivity index is 1.55. The lowest BCUT2D eigenvalue weighted by molar-refractivity contribution is 0.0240. The molecule has 0 unspecified atom stereocenters. The monoisotopic (exact) mass is 509 g/mol. The molecular weight excluding hydrogens is 474 g/mol. The molecule has 0 N–H and O–H groups in total. The molecule has 0 aliphatic carbocycles. The van der Waals surface area contributed by atoms with Crippen molar-refractivity contribution in [2.75, 3.05) is 31.1 Å². The van der Waals surface area contributed by atoms with Crippen molar-refractivity contribution >= 4 is 40.5 Å². The van der Waals surface area contributed by atoms with Gasteiger partial charge in [-0.05, 0) is 59.7 Å². The summed E-state index contributed by atoms with van der Waals surface area (Å²) in [6.45, 7) is 13.9. The van der Waals surface area contributed by atoms with Gasteiger partial charge in [0.2, 0.25) is 0 Å². The van der Waals surface area contributed by atoms with Crippen LogP contribution in [-0.2, 0) is 9.47 Å². The SMILES string of the molecule is CC(C)(C)OC(=O)N1CCN(c2ccccc2Sc2cn(C(=O)OC(C)(C)C)c3ccccc23)CC1. The van der Waals surface area contributed by atoms with Crippen LogP contribution in [0.15, 0.2) is 64.5 Å². The molecule has 36 heavy (non-hydrogen) atoms. The number of amides is 1. The molecule has 1 amide bonds. The van der Waals surface area contributed by atoms with E-state index in [0.29, 0.717) is 13.1 Å². The van der Waals surface area contributed by atoms with Gasteiger partial charge in [-0.25, -0.2) is 9.59 Å². The first-order chi connectivity index (χ1) is 16.9. The average Bonchev–Trinajstić information content (AvgIpc) is 3.16. The van der Waals surface area contributed by atoms with E-state index >= 15 is 0 Å². The summed E-state index contributed by atoms with van der Waals surface area (Å²) < 4.78 is 12.8. The number of fused-ring (bicyclic) bond motifs is 1. The zero-order valence-corrected chi connectivity index (χ0v) is 22.7. The van der Waals surface area contributed by atoms with Crippen LogP contribution >= 0.6 is 11.8 Å². The maximum Gasteiger partial charge on any atom is 0.419 e. The Morgan fingerprint density at radius 1 is 0.750 bits per heavy atom. The Morgan fingerprint density at radius 2 is 1.33 bits per heavy atom. The molecule has 1 saturated heterocycles. The molecule has 2 heterocycles. The second-order valence-electron chi connectivity index (χ2n) is 10.9. The van der Waals surface area contributed by atoms with Crippen molar-refractivity contribution in [1.29, 1.82) is 0 Å². The first kappa shape index (κ1) is 25.9. The lowest BCUT2D eigenvalue weighted by atomic mass is 10.2. The molecule has 2 aromatic carbocycles. The van der Waals surface area contributed by atoms with Crippen LogP contribution in [0.4, 0.5) is 15.3 Å². The lowest BCUT2D eigenvalue weighted by Gasteiger charge is -2.37. The molecular formula is C28H35N3O4S. The number of carbonyl (C=O) groups is 2. The van der Waals surface area contributed by atoms with E-state index in [9.17, 15) is 9.59 Å². The molecule has 192 valence electrons. The van der Waals surface area contributed by atoms with Crippen LogP contribution in [-0.4, -0.2) is 59.0 Å². The van der Waals surface area contributed by atoms with Crippen LogP contribution in [0.3, 0.4) is 0 Å². The molecule has 1 aliphatic rings. The smallest absolute Gasteiger partial charge is 0.419 e. The molecule has 3 aromatic rings. The van der Waals surface area contributed by atoms with Gasteiger partial charge in [-0.2, -0.15) is 0 Å². The van der Waals surface area contributed by atoms with Gasteiger partial charge in [0.25, 0.3) is 0 Å². The number of anilines is 1. The van der Waals surface area contributed by atoms with Gasteiger partial charge >= 0.3 is 12.2 Å². The van der Waals surface area contributed by atoms with Gasteiger partial charge in [-0.15, -0.1) is 0 Å². The highest BCUT2D eigenvalue weighted by atomic mass is 32.2. The van der Waals surface area contributed by atoms with Crippen LogP contribution in [0, 0.1) is 0 Å². The third-order valence-corrected chi connectivity index (χ3v) is 6.73. The van der Waals surface area contributed by atoms with Crippen LogP contribution in [0.25, 0.3) is 10.9 Å². The minimum absolute atomic E-state index is 0.264. The van der Waals surface area contributed by atoms with E-state index < -0.39 is 17.3 Å². The van der Waals surface area contributed by atoms with Gasteiger partial charge in [0.1, 0.15) is 11.2 Å². The fourth-order valence-corrected chi connectivity index (χ4v) is 5.20. The largest absolute Gasteiger partial charge is 0.444 e. The summed E-state index contributed by atoms with van der Waals surface area (Å²) in [5.74, 6) is 0. The van der Waals surface area contributed by atoms with Gasteiger partial charge in [-0.1, -0.05) is 42.1 Å². The van der Waals surface area contributed by atoms with Gasteiger partial charge in [0.05, 0.1) is 11.2 Å². The predicted octanol–water partition coefficient (Wildman–Crippen LogP) is 6.63. The normalized spacial score (nSPS) is 14.7. The van der Waals surface area contributed by atoms with Crippen molar-refractivity contribution in [2.45, 2.75) is 62.5 Å². The molecule has 0 spiro atoms. The first-order valence-corrected chi connectivity index (χ1v) is 13.1. The van der Waals surface area contributed by atoms with E-state index in [4.69, 9.17) is 9.47 Å². The van der Waals surface area contributed by atoms with Crippen molar-refractivity contribution in [3.8, 4) is 0 Å². The number of hydrogen-bond acceptors (Lipinski definition) is 6. The molecule has 0 bridgehead atoms. The lowest BCUT2D eigenvalue weighted by Crippen LogP contribution is -2.50. The fourth-order valence-electron chi connectivity index (χ4n) is 4.07. The summed E-state index contributed by atoms with van der Waals surface area (Å²) in [5.41, 5.74) is 0.845. The summed E-state index contributed by atoms with van der Waals surface area (Å²) >= 11 is 1.63. The summed E-state index contributed by atoms with van der Waals surface area (Å²) in [4.78, 5) is 31.5. The number of carbonyl (C=O) groups excluding carboxylic acids is 2. The van der Waals surface area contributed by atoms with Crippen molar-refractivity contribution in [2.24, 2.45) is 0 Å². The van der Waals surface area contributed by atoms with E-state index in [1.807, 2.05) is 84.1 Å². The number of para-hydroxylation sites is 2. The van der Waals surface area contributed by atoms with Crippen molar-refractivity contribution in [1.82, 2.24) is 9.47 Å². The van der Waals surface area contributed by atoms with Crippen molar-refractivity contribution in [3.05, 3.63) is 54.7 Å². The van der Waals surface area contributed by atoms with Gasteiger partial charge < -0.3 is 19.3 Å². The Kier molecular flexibility index (Phi) is 7.27. The summed E-state index contributed by atoms with van der Waals surface area (Å²) in [6, 6.07) is 16.1. The fraction of sp³-hybridized carbons (Fsp3) is 0.429. The number of ether oxygens (including phenoxy) is 2. The van der Waals surface area contributed by atoms with E-state index in [0.717, 1.165) is 39.5 Å². The number of aromatic nitrogens is 1. The molecule has 0 saturated carbocycles. The van der Waals surface area contributed by atoms with Gasteiger partial charge in [0.15, 0.2) is 0 Å². The Hall–Kier alpha value is -3.13. The molecule has 7 nitrogen and oxygen atoms in total. The van der Waals surface area contributed by atoms with E-state index in [2.05, 4.69) is 17.0 Å². The summed E-state index contributed by atoms with van der Waals surface area (Å²) in [6.07, 6.45) is 1.21. The first-order valence-electron chi connectivity index (χ1n) is 12.2. The highest BCUT2D eigenvalue weighted by Gasteiger charge is 2.27. The Labute approximate surface area is 217 Å². The van der Waals surface area contributed by atoms with Crippen molar-refractivity contribution in [3.63, 3.8) is 0 Å². The zero-order valence-electron chi connectivity index (χ0n) is 21.9. The van der Waals surface area contributed by atoms with Crippen LogP contribution < -0.4 is 4.90 Å². The molecule has 0 atom stereocenters. The van der Waals surface area contributed by atoms with Gasteiger partial charge in [-0.3, -0.25) is 4.57 Å². The van der Waals surface area contributed by atoms with Crippen molar-refractivity contribution < 1.29 is 19.1 Å². The summed E-state index contributed by atoms with van der Waals surface area (Å²) in [7, 11) is 0. The highest BCUT2D eigenvalue weighted by molar-refractivity contribution is 7.99. The third kappa shape index (κ3) is 6.16. The topological polar surface area (TPSA) is 64.0 Å². The number of benzene rings is 2. The Bertz CT molecular complexity index is 1250. The summed E-state index contributed by atoms with van der Waals surface area (Å²) in [5, 5.41) is 0.998. The second-order valence-corrected chi connectivity index (χ2v) is 12.0. The number of rotatable bonds is 3. The molecule has 1 aromatic heterocycles. The van der Waals surface area contributed by atoms with E-state index in [-0.39, 0.29) is 6.09 Å². The highest BCUT2D eigenvalue weighted by Crippen LogP contribution is 2.40. The number of hydrogen-bond donors (Lipinski definition) is 0. The van der Waals surface area contributed by atoms with Crippen LogP contribution in [0.1, 0.15) is 41.5 Å². The second kappa shape index (κ2) is 10.1. The Morgan fingerprint density at radius 3 is 2.00 bits per heavy atom. The minimum atomic E-state index is -0.580. The predicted molar refractivity (Wildman–Crippen MR) is 144 cm³/mol. The molecule has 4 rings (SSSR count). The number of piperazine rings is 1. The van der Waals surface area contributed by atoms with E-state index in [1.54, 1.807) is 21.2 Å². The molecule has 1 fully saturated rings. The maximum absolute atomic E-state index is 12.9. The number of nitrogens with zero attached hydrogens (tertiary/aromatic N) is 3. The minimum Gasteiger partial charge on any atom is -0.444 e. The average molecular weight is 510 g/mol. The molecule has 1 aliphatic heterocycles. The molecule has 0 radical (unpaired) electrons. The quantitative estimate of drug-likeness (QED) is 0.395. The van der Waals surface area contributed by atoms with Gasteiger partial charge in [0, 0.05) is 47.6 Å². The standard InChI is InChI=1S/C28H35N3O4S/c1-27(2,3)34-25(32)30-17-15-29(16-18-30)22-13-9-10-14-23(22)36-24-19-31(26(33)35-28(4,5)6)21-12-8-7-11-20(21)24/h7-14,19H,15-18H2,1-6H3.